The number of hydrogen-bond donors (Lipinski definition) is 0. The molecule has 1 amide bonds. The van der Waals surface area contributed by atoms with Crippen molar-refractivity contribution in [3.05, 3.63) is 60.2 Å². The Morgan fingerprint density at radius 1 is 1.15 bits per heavy atom. The molecule has 5 nitrogen and oxygen atoms in total. The molecule has 0 N–H and O–H groups in total. The Hall–Kier alpha value is -2.34. The van der Waals surface area contributed by atoms with Gasteiger partial charge in [0.05, 0.1) is 17.8 Å². The van der Waals surface area contributed by atoms with Crippen molar-refractivity contribution in [3.8, 4) is 5.75 Å². The zero-order chi connectivity index (χ0) is 18.6. The van der Waals surface area contributed by atoms with Gasteiger partial charge in [-0.1, -0.05) is 24.3 Å². The number of likely N-dealkylation sites (tertiary alicyclic amines) is 1. The van der Waals surface area contributed by atoms with Crippen molar-refractivity contribution >= 4 is 15.7 Å². The van der Waals surface area contributed by atoms with Crippen LogP contribution in [0.1, 0.15) is 23.2 Å². The van der Waals surface area contributed by atoms with Crippen LogP contribution in [0.15, 0.2) is 59.5 Å². The van der Waals surface area contributed by atoms with Crippen molar-refractivity contribution in [3.63, 3.8) is 0 Å². The highest BCUT2D eigenvalue weighted by molar-refractivity contribution is 7.91. The van der Waals surface area contributed by atoms with Crippen LogP contribution in [-0.2, 0) is 9.84 Å². The van der Waals surface area contributed by atoms with Crippen LogP contribution >= 0.6 is 0 Å². The average molecular weight is 373 g/mol. The topological polar surface area (TPSA) is 63.7 Å². The maximum absolute atomic E-state index is 12.8. The average Bonchev–Trinajstić information content (AvgIpc) is 2.68. The first-order chi connectivity index (χ1) is 12.5. The Morgan fingerprint density at radius 3 is 2.65 bits per heavy atom. The summed E-state index contributed by atoms with van der Waals surface area (Å²) in [5.41, 5.74) is 0.566. The standard InChI is InChI=1S/C20H23NO4S/c1-25-18-9-5-8-17(13-18)20(22)21-12-6-7-16(14-21)15-26(23,24)19-10-3-2-4-11-19/h2-5,8-11,13,16H,6-7,12,14-15H2,1H3. The van der Waals surface area contributed by atoms with Gasteiger partial charge in [-0.2, -0.15) is 0 Å². The van der Waals surface area contributed by atoms with Crippen molar-refractivity contribution in [2.45, 2.75) is 17.7 Å². The molecule has 1 heterocycles. The van der Waals surface area contributed by atoms with E-state index in [2.05, 4.69) is 0 Å². The molecule has 138 valence electrons. The van der Waals surface area contributed by atoms with Gasteiger partial charge >= 0.3 is 0 Å². The molecule has 1 aliphatic heterocycles. The maximum atomic E-state index is 12.8. The number of methoxy groups -OCH3 is 1. The third kappa shape index (κ3) is 4.25. The van der Waals surface area contributed by atoms with Gasteiger partial charge in [-0.15, -0.1) is 0 Å². The molecule has 0 saturated carbocycles. The van der Waals surface area contributed by atoms with Gasteiger partial charge in [0.15, 0.2) is 9.84 Å². The van der Waals surface area contributed by atoms with E-state index in [0.717, 1.165) is 12.8 Å². The minimum absolute atomic E-state index is 0.0523. The summed E-state index contributed by atoms with van der Waals surface area (Å²) in [5, 5.41) is 0. The van der Waals surface area contributed by atoms with E-state index in [1.54, 1.807) is 66.6 Å². The largest absolute Gasteiger partial charge is 0.497 e. The van der Waals surface area contributed by atoms with Gasteiger partial charge < -0.3 is 9.64 Å². The lowest BCUT2D eigenvalue weighted by Crippen LogP contribution is -2.41. The number of carbonyl (C=O) groups is 1. The molecule has 3 rings (SSSR count). The third-order valence-corrected chi connectivity index (χ3v) is 6.58. The minimum atomic E-state index is -3.34. The lowest BCUT2D eigenvalue weighted by molar-refractivity contribution is 0.0684. The first-order valence-electron chi connectivity index (χ1n) is 8.71. The fourth-order valence-corrected chi connectivity index (χ4v) is 5.02. The van der Waals surface area contributed by atoms with Crippen LogP contribution in [0.5, 0.6) is 5.75 Å². The fourth-order valence-electron chi connectivity index (χ4n) is 3.36. The highest BCUT2D eigenvalue weighted by Gasteiger charge is 2.28. The molecule has 0 aliphatic carbocycles. The molecule has 26 heavy (non-hydrogen) atoms. The first kappa shape index (κ1) is 18.5. The fraction of sp³-hybridized carbons (Fsp3) is 0.350. The molecule has 2 aromatic carbocycles. The molecule has 1 fully saturated rings. The number of nitrogens with zero attached hydrogens (tertiary/aromatic N) is 1. The lowest BCUT2D eigenvalue weighted by atomic mass is 9.99. The SMILES string of the molecule is COc1cccc(C(=O)N2CCCC(CS(=O)(=O)c3ccccc3)C2)c1. The Balaban J connectivity index is 1.70. The van der Waals surface area contributed by atoms with Crippen LogP contribution in [0.3, 0.4) is 0 Å². The quantitative estimate of drug-likeness (QED) is 0.808. The molecule has 0 bridgehead atoms. The molecule has 0 radical (unpaired) electrons. The van der Waals surface area contributed by atoms with Gasteiger partial charge in [-0.05, 0) is 49.1 Å². The smallest absolute Gasteiger partial charge is 0.253 e. The van der Waals surface area contributed by atoms with Gasteiger partial charge in [-0.25, -0.2) is 8.42 Å². The predicted octanol–water partition coefficient (Wildman–Crippen LogP) is 3.02. The van der Waals surface area contributed by atoms with Crippen molar-refractivity contribution < 1.29 is 17.9 Å². The summed E-state index contributed by atoms with van der Waals surface area (Å²) in [5.74, 6) is 0.573. The summed E-state index contributed by atoms with van der Waals surface area (Å²) in [7, 11) is -1.78. The number of hydrogen-bond acceptors (Lipinski definition) is 4. The number of sulfone groups is 1. The van der Waals surface area contributed by atoms with Crippen molar-refractivity contribution in [1.29, 1.82) is 0 Å². The van der Waals surface area contributed by atoms with Crippen LogP contribution in [-0.4, -0.2) is 45.2 Å². The first-order valence-corrected chi connectivity index (χ1v) is 10.4. The van der Waals surface area contributed by atoms with Crippen LogP contribution < -0.4 is 4.74 Å². The highest BCUT2D eigenvalue weighted by atomic mass is 32.2. The van der Waals surface area contributed by atoms with Crippen LogP contribution in [0.4, 0.5) is 0 Å². The summed E-state index contributed by atoms with van der Waals surface area (Å²) in [6.07, 6.45) is 1.62. The van der Waals surface area contributed by atoms with E-state index in [0.29, 0.717) is 29.3 Å². The van der Waals surface area contributed by atoms with Crippen LogP contribution in [0, 0.1) is 5.92 Å². The zero-order valence-electron chi connectivity index (χ0n) is 14.8. The van der Waals surface area contributed by atoms with E-state index in [4.69, 9.17) is 4.74 Å². The maximum Gasteiger partial charge on any atom is 0.253 e. The number of benzene rings is 2. The lowest BCUT2D eigenvalue weighted by Gasteiger charge is -2.32. The molecule has 1 saturated heterocycles. The van der Waals surface area contributed by atoms with Crippen molar-refractivity contribution in [2.24, 2.45) is 5.92 Å². The molecule has 1 aliphatic rings. The summed E-state index contributed by atoms with van der Waals surface area (Å²) in [4.78, 5) is 14.9. The number of rotatable bonds is 5. The van der Waals surface area contributed by atoms with Gasteiger partial charge in [-0.3, -0.25) is 4.79 Å². The Bertz CT molecular complexity index is 864. The van der Waals surface area contributed by atoms with Crippen molar-refractivity contribution in [2.75, 3.05) is 26.0 Å². The molecule has 2 aromatic rings. The second kappa shape index (κ2) is 7.91. The highest BCUT2D eigenvalue weighted by Crippen LogP contribution is 2.24. The molecule has 1 atom stereocenters. The Kier molecular flexibility index (Phi) is 5.61. The van der Waals surface area contributed by atoms with E-state index >= 15 is 0 Å². The minimum Gasteiger partial charge on any atom is -0.497 e. The third-order valence-electron chi connectivity index (χ3n) is 4.68. The van der Waals surface area contributed by atoms with E-state index in [1.165, 1.54) is 0 Å². The van der Waals surface area contributed by atoms with Gasteiger partial charge in [0.2, 0.25) is 0 Å². The number of ether oxygens (including phenoxy) is 1. The summed E-state index contributed by atoms with van der Waals surface area (Å²) in [6, 6.07) is 15.6. The van der Waals surface area contributed by atoms with E-state index in [1.807, 2.05) is 0 Å². The van der Waals surface area contributed by atoms with E-state index in [-0.39, 0.29) is 17.6 Å². The van der Waals surface area contributed by atoms with E-state index < -0.39 is 9.84 Å². The molecule has 0 spiro atoms. The summed E-state index contributed by atoms with van der Waals surface area (Å²) >= 11 is 0. The van der Waals surface area contributed by atoms with Gasteiger partial charge in [0, 0.05) is 18.7 Å². The number of amides is 1. The molecule has 6 heteroatoms. The summed E-state index contributed by atoms with van der Waals surface area (Å²) in [6.45, 7) is 1.11. The van der Waals surface area contributed by atoms with Gasteiger partial charge in [0.1, 0.15) is 5.75 Å². The second-order valence-electron chi connectivity index (χ2n) is 6.59. The second-order valence-corrected chi connectivity index (χ2v) is 8.62. The van der Waals surface area contributed by atoms with E-state index in [9.17, 15) is 13.2 Å². The Morgan fingerprint density at radius 2 is 1.92 bits per heavy atom. The molecule has 1 unspecified atom stereocenters. The van der Waals surface area contributed by atoms with Crippen LogP contribution in [0.2, 0.25) is 0 Å². The van der Waals surface area contributed by atoms with Gasteiger partial charge in [0.25, 0.3) is 5.91 Å². The zero-order valence-corrected chi connectivity index (χ0v) is 15.6. The number of carbonyl (C=O) groups excluding carboxylic acids is 1. The van der Waals surface area contributed by atoms with Crippen LogP contribution in [0.25, 0.3) is 0 Å². The molecule has 0 aromatic heterocycles. The normalized spacial score (nSPS) is 17.7. The number of piperidine rings is 1. The monoisotopic (exact) mass is 373 g/mol. The molecular formula is C20H23NO4S. The Labute approximate surface area is 154 Å². The summed E-state index contributed by atoms with van der Waals surface area (Å²) < 4.78 is 30.4. The predicted molar refractivity (Wildman–Crippen MR) is 100 cm³/mol. The van der Waals surface area contributed by atoms with Crippen molar-refractivity contribution in [1.82, 2.24) is 4.90 Å². The molecular weight excluding hydrogens is 350 g/mol.